The molecule has 0 bridgehead atoms. The zero-order valence-electron chi connectivity index (χ0n) is 8.12. The first-order valence-electron chi connectivity index (χ1n) is 4.72. The number of nitrogens with one attached hydrogen (secondary N) is 1. The smallest absolute Gasteiger partial charge is 0.221 e. The van der Waals surface area contributed by atoms with Crippen LogP contribution in [0, 0.1) is 0 Å². The van der Waals surface area contributed by atoms with Crippen LogP contribution in [0.15, 0.2) is 24.3 Å². The van der Waals surface area contributed by atoms with E-state index in [1.54, 1.807) is 0 Å². The molecule has 3 heteroatoms. The lowest BCUT2D eigenvalue weighted by Gasteiger charge is -2.02. The van der Waals surface area contributed by atoms with Gasteiger partial charge in [-0.25, -0.2) is 0 Å². The fourth-order valence-electron chi connectivity index (χ4n) is 1.38. The molecule has 1 fully saturated rings. The highest BCUT2D eigenvalue weighted by Crippen LogP contribution is 2.17. The molecular formula is C11H13NO2. The van der Waals surface area contributed by atoms with Crippen LogP contribution in [-0.2, 0) is 16.0 Å². The first-order valence-corrected chi connectivity index (χ1v) is 4.72. The lowest BCUT2D eigenvalue weighted by molar-refractivity contribution is -0.114. The highest BCUT2D eigenvalue weighted by atomic mass is 16.6. The van der Waals surface area contributed by atoms with Gasteiger partial charge in [-0.2, -0.15) is 0 Å². The Labute approximate surface area is 83.1 Å². The third kappa shape index (κ3) is 2.57. The van der Waals surface area contributed by atoms with Gasteiger partial charge in [-0.3, -0.25) is 4.79 Å². The van der Waals surface area contributed by atoms with Crippen molar-refractivity contribution in [3.8, 4) is 0 Å². The van der Waals surface area contributed by atoms with Crippen molar-refractivity contribution in [3.05, 3.63) is 29.8 Å². The van der Waals surface area contributed by atoms with E-state index >= 15 is 0 Å². The van der Waals surface area contributed by atoms with Crippen molar-refractivity contribution in [3.63, 3.8) is 0 Å². The molecule has 14 heavy (non-hydrogen) atoms. The molecule has 1 aliphatic heterocycles. The largest absolute Gasteiger partial charge is 0.373 e. The zero-order valence-corrected chi connectivity index (χ0v) is 8.12. The standard InChI is InChI=1S/C11H13NO2/c1-8(13)12-10-4-2-9(3-5-10)6-11-7-14-11/h2-5,11H,6-7H2,1H3,(H,12,13). The van der Waals surface area contributed by atoms with Crippen molar-refractivity contribution in [2.45, 2.75) is 19.4 Å². The van der Waals surface area contributed by atoms with E-state index in [1.165, 1.54) is 12.5 Å². The van der Waals surface area contributed by atoms with Gasteiger partial charge in [0.2, 0.25) is 5.91 Å². The third-order valence-electron chi connectivity index (χ3n) is 2.14. The second kappa shape index (κ2) is 3.80. The van der Waals surface area contributed by atoms with Crippen molar-refractivity contribution in [1.82, 2.24) is 0 Å². The molecule has 0 saturated carbocycles. The molecule has 74 valence electrons. The maximum atomic E-state index is 10.8. The molecule has 1 unspecified atom stereocenters. The highest BCUT2D eigenvalue weighted by Gasteiger charge is 2.22. The summed E-state index contributed by atoms with van der Waals surface area (Å²) in [6.45, 7) is 2.39. The van der Waals surface area contributed by atoms with Gasteiger partial charge in [0.1, 0.15) is 0 Å². The Kier molecular flexibility index (Phi) is 2.50. The van der Waals surface area contributed by atoms with Crippen LogP contribution < -0.4 is 5.32 Å². The second-order valence-corrected chi connectivity index (χ2v) is 3.54. The van der Waals surface area contributed by atoms with Crippen molar-refractivity contribution in [2.24, 2.45) is 0 Å². The van der Waals surface area contributed by atoms with E-state index in [4.69, 9.17) is 4.74 Å². The van der Waals surface area contributed by atoms with Crippen molar-refractivity contribution in [2.75, 3.05) is 11.9 Å². The number of carbonyl (C=O) groups is 1. The molecule has 1 N–H and O–H groups in total. The molecule has 1 heterocycles. The lowest BCUT2D eigenvalue weighted by Crippen LogP contribution is -2.05. The summed E-state index contributed by atoms with van der Waals surface area (Å²) >= 11 is 0. The van der Waals surface area contributed by atoms with E-state index in [-0.39, 0.29) is 5.91 Å². The summed E-state index contributed by atoms with van der Waals surface area (Å²) in [4.78, 5) is 10.8. The summed E-state index contributed by atoms with van der Waals surface area (Å²) in [6, 6.07) is 7.87. The molecule has 1 atom stereocenters. The van der Waals surface area contributed by atoms with Crippen LogP contribution in [-0.4, -0.2) is 18.6 Å². The lowest BCUT2D eigenvalue weighted by atomic mass is 10.1. The van der Waals surface area contributed by atoms with Crippen LogP contribution in [0.3, 0.4) is 0 Å². The Morgan fingerprint density at radius 2 is 2.14 bits per heavy atom. The molecule has 0 radical (unpaired) electrons. The minimum atomic E-state index is -0.0386. The molecule has 0 aliphatic carbocycles. The topological polar surface area (TPSA) is 41.6 Å². The number of carbonyl (C=O) groups excluding carboxylic acids is 1. The van der Waals surface area contributed by atoms with Gasteiger partial charge in [-0.1, -0.05) is 12.1 Å². The summed E-state index contributed by atoms with van der Waals surface area (Å²) in [5.41, 5.74) is 2.10. The SMILES string of the molecule is CC(=O)Nc1ccc(CC2CO2)cc1. The number of benzene rings is 1. The summed E-state index contributed by atoms with van der Waals surface area (Å²) in [5, 5.41) is 2.73. The predicted octanol–water partition coefficient (Wildman–Crippen LogP) is 1.59. The highest BCUT2D eigenvalue weighted by molar-refractivity contribution is 5.88. The average molecular weight is 191 g/mol. The Hall–Kier alpha value is -1.35. The van der Waals surface area contributed by atoms with E-state index in [2.05, 4.69) is 5.32 Å². The summed E-state index contributed by atoms with van der Waals surface area (Å²) in [6.07, 6.45) is 1.39. The molecule has 3 nitrogen and oxygen atoms in total. The number of epoxide rings is 1. The Morgan fingerprint density at radius 1 is 1.50 bits per heavy atom. The van der Waals surface area contributed by atoms with Crippen LogP contribution in [0.25, 0.3) is 0 Å². The molecule has 1 saturated heterocycles. The van der Waals surface area contributed by atoms with Gasteiger partial charge in [0.15, 0.2) is 0 Å². The number of hydrogen-bond acceptors (Lipinski definition) is 2. The first-order chi connectivity index (χ1) is 6.74. The van der Waals surface area contributed by atoms with E-state index in [0.717, 1.165) is 18.7 Å². The maximum Gasteiger partial charge on any atom is 0.221 e. The molecule has 1 amide bonds. The van der Waals surface area contributed by atoms with E-state index in [1.807, 2.05) is 24.3 Å². The quantitative estimate of drug-likeness (QED) is 0.737. The van der Waals surface area contributed by atoms with E-state index in [0.29, 0.717) is 6.10 Å². The zero-order chi connectivity index (χ0) is 9.97. The first kappa shape index (κ1) is 9.21. The second-order valence-electron chi connectivity index (χ2n) is 3.54. The monoisotopic (exact) mass is 191 g/mol. The van der Waals surface area contributed by atoms with Crippen LogP contribution in [0.5, 0.6) is 0 Å². The number of ether oxygens (including phenoxy) is 1. The summed E-state index contributed by atoms with van der Waals surface area (Å²) in [5.74, 6) is -0.0386. The maximum absolute atomic E-state index is 10.8. The molecule has 0 spiro atoms. The number of amides is 1. The molecule has 1 aromatic carbocycles. The number of anilines is 1. The minimum absolute atomic E-state index is 0.0386. The van der Waals surface area contributed by atoms with Gasteiger partial charge >= 0.3 is 0 Å². The van der Waals surface area contributed by atoms with E-state index < -0.39 is 0 Å². The minimum Gasteiger partial charge on any atom is -0.373 e. The molecule has 1 aliphatic rings. The normalized spacial score (nSPS) is 19.1. The van der Waals surface area contributed by atoms with E-state index in [9.17, 15) is 4.79 Å². The summed E-state index contributed by atoms with van der Waals surface area (Å²) in [7, 11) is 0. The van der Waals surface area contributed by atoms with Gasteiger partial charge in [-0.15, -0.1) is 0 Å². The predicted molar refractivity (Wildman–Crippen MR) is 54.2 cm³/mol. The summed E-state index contributed by atoms with van der Waals surface area (Å²) < 4.78 is 5.14. The van der Waals surface area contributed by atoms with Crippen LogP contribution in [0.1, 0.15) is 12.5 Å². The van der Waals surface area contributed by atoms with Crippen molar-refractivity contribution < 1.29 is 9.53 Å². The van der Waals surface area contributed by atoms with Crippen LogP contribution >= 0.6 is 0 Å². The molecule has 0 aromatic heterocycles. The van der Waals surface area contributed by atoms with Gasteiger partial charge < -0.3 is 10.1 Å². The Morgan fingerprint density at radius 3 is 2.64 bits per heavy atom. The fraction of sp³-hybridized carbons (Fsp3) is 0.364. The molecule has 2 rings (SSSR count). The Balaban J connectivity index is 1.97. The van der Waals surface area contributed by atoms with Crippen molar-refractivity contribution in [1.29, 1.82) is 0 Å². The van der Waals surface area contributed by atoms with Gasteiger partial charge in [0.05, 0.1) is 12.7 Å². The van der Waals surface area contributed by atoms with Gasteiger partial charge in [-0.05, 0) is 17.7 Å². The van der Waals surface area contributed by atoms with Crippen molar-refractivity contribution >= 4 is 11.6 Å². The molecule has 1 aromatic rings. The van der Waals surface area contributed by atoms with Crippen LogP contribution in [0.4, 0.5) is 5.69 Å². The Bertz CT molecular complexity index is 328. The van der Waals surface area contributed by atoms with Gasteiger partial charge in [0, 0.05) is 19.0 Å². The van der Waals surface area contributed by atoms with Crippen LogP contribution in [0.2, 0.25) is 0 Å². The average Bonchev–Trinajstić information content (AvgIpc) is 2.91. The number of hydrogen-bond donors (Lipinski definition) is 1. The fourth-order valence-corrected chi connectivity index (χ4v) is 1.38. The third-order valence-corrected chi connectivity index (χ3v) is 2.14. The molecular weight excluding hydrogens is 178 g/mol. The number of rotatable bonds is 3. The van der Waals surface area contributed by atoms with Gasteiger partial charge in [0.25, 0.3) is 0 Å².